The van der Waals surface area contributed by atoms with Gasteiger partial charge in [-0.15, -0.1) is 0 Å². The lowest BCUT2D eigenvalue weighted by atomic mass is 9.96. The molecule has 20 heavy (non-hydrogen) atoms. The SMILES string of the molecule is Cc1cc(Cl)c(C(=O)N2CCC(C(=O)O)CC2)cc1C. The maximum absolute atomic E-state index is 12.5. The van der Waals surface area contributed by atoms with E-state index in [-0.39, 0.29) is 11.8 Å². The summed E-state index contributed by atoms with van der Waals surface area (Å²) >= 11 is 6.15. The second-order valence-electron chi connectivity index (χ2n) is 5.32. The Morgan fingerprint density at radius 2 is 1.75 bits per heavy atom. The molecule has 1 fully saturated rings. The van der Waals surface area contributed by atoms with E-state index in [1.54, 1.807) is 11.0 Å². The number of aryl methyl sites for hydroxylation is 2. The first kappa shape index (κ1) is 14.9. The molecule has 1 aromatic rings. The summed E-state index contributed by atoms with van der Waals surface area (Å²) in [5.41, 5.74) is 2.58. The quantitative estimate of drug-likeness (QED) is 0.912. The minimum absolute atomic E-state index is 0.109. The molecule has 1 amide bonds. The minimum atomic E-state index is -0.777. The Hall–Kier alpha value is -1.55. The van der Waals surface area contributed by atoms with Crippen LogP contribution in [0.3, 0.4) is 0 Å². The molecule has 1 N–H and O–H groups in total. The third-order valence-electron chi connectivity index (χ3n) is 3.95. The third-order valence-corrected chi connectivity index (χ3v) is 4.26. The Bertz CT molecular complexity index is 548. The van der Waals surface area contributed by atoms with Gasteiger partial charge in [-0.1, -0.05) is 11.6 Å². The molecule has 0 radical (unpaired) electrons. The topological polar surface area (TPSA) is 57.6 Å². The summed E-state index contributed by atoms with van der Waals surface area (Å²) in [6.07, 6.45) is 1.01. The van der Waals surface area contributed by atoms with Gasteiger partial charge in [-0.25, -0.2) is 0 Å². The number of carboxylic acid groups (broad SMARTS) is 1. The van der Waals surface area contributed by atoms with Crippen molar-refractivity contribution in [2.75, 3.05) is 13.1 Å². The van der Waals surface area contributed by atoms with Crippen molar-refractivity contribution in [2.45, 2.75) is 26.7 Å². The van der Waals surface area contributed by atoms with Gasteiger partial charge < -0.3 is 10.0 Å². The zero-order chi connectivity index (χ0) is 14.9. The summed E-state index contributed by atoms with van der Waals surface area (Å²) < 4.78 is 0. The number of carbonyl (C=O) groups is 2. The highest BCUT2D eigenvalue weighted by Gasteiger charge is 2.28. The van der Waals surface area contributed by atoms with E-state index in [1.165, 1.54) is 0 Å². The largest absolute Gasteiger partial charge is 0.481 e. The van der Waals surface area contributed by atoms with E-state index in [2.05, 4.69) is 0 Å². The first-order valence-corrected chi connectivity index (χ1v) is 7.06. The average molecular weight is 296 g/mol. The lowest BCUT2D eigenvalue weighted by molar-refractivity contribution is -0.143. The maximum Gasteiger partial charge on any atom is 0.306 e. The molecule has 1 heterocycles. The van der Waals surface area contributed by atoms with Gasteiger partial charge in [-0.3, -0.25) is 9.59 Å². The van der Waals surface area contributed by atoms with Crippen LogP contribution in [0.2, 0.25) is 5.02 Å². The number of hydrogen-bond acceptors (Lipinski definition) is 2. The van der Waals surface area contributed by atoms with Crippen molar-refractivity contribution in [3.05, 3.63) is 33.8 Å². The van der Waals surface area contributed by atoms with Crippen molar-refractivity contribution in [2.24, 2.45) is 5.92 Å². The highest BCUT2D eigenvalue weighted by Crippen LogP contribution is 2.25. The summed E-state index contributed by atoms with van der Waals surface area (Å²) in [5.74, 6) is -1.22. The molecule has 1 aromatic carbocycles. The number of piperidine rings is 1. The van der Waals surface area contributed by atoms with Gasteiger partial charge >= 0.3 is 5.97 Å². The van der Waals surface area contributed by atoms with Crippen LogP contribution in [0.1, 0.15) is 34.3 Å². The van der Waals surface area contributed by atoms with Crippen LogP contribution in [0.15, 0.2) is 12.1 Å². The summed E-state index contributed by atoms with van der Waals surface area (Å²) in [4.78, 5) is 25.1. The third kappa shape index (κ3) is 2.96. The molecule has 108 valence electrons. The predicted octanol–water partition coefficient (Wildman–Crippen LogP) is 2.89. The summed E-state index contributed by atoms with van der Waals surface area (Å²) in [6.45, 7) is 4.84. The van der Waals surface area contributed by atoms with Crippen LogP contribution in [0, 0.1) is 19.8 Å². The lowest BCUT2D eigenvalue weighted by Gasteiger charge is -2.30. The van der Waals surface area contributed by atoms with Gasteiger partial charge in [-0.05, 0) is 49.9 Å². The maximum atomic E-state index is 12.5. The van der Waals surface area contributed by atoms with Gasteiger partial charge in [0.25, 0.3) is 5.91 Å². The molecular formula is C15H18ClNO3. The summed E-state index contributed by atoms with van der Waals surface area (Å²) in [7, 11) is 0. The number of benzene rings is 1. The standard InChI is InChI=1S/C15H18ClNO3/c1-9-7-12(13(16)8-10(9)2)14(18)17-5-3-11(4-6-17)15(19)20/h7-8,11H,3-6H2,1-2H3,(H,19,20). The fraction of sp³-hybridized carbons (Fsp3) is 0.467. The smallest absolute Gasteiger partial charge is 0.306 e. The number of likely N-dealkylation sites (tertiary alicyclic amines) is 1. The van der Waals surface area contributed by atoms with Crippen LogP contribution in [-0.4, -0.2) is 35.0 Å². The van der Waals surface area contributed by atoms with Gasteiger partial charge in [0, 0.05) is 13.1 Å². The van der Waals surface area contributed by atoms with Gasteiger partial charge in [0.2, 0.25) is 0 Å². The molecule has 0 aliphatic carbocycles. The Morgan fingerprint density at radius 3 is 2.30 bits per heavy atom. The zero-order valence-corrected chi connectivity index (χ0v) is 12.4. The fourth-order valence-corrected chi connectivity index (χ4v) is 2.74. The van der Waals surface area contributed by atoms with Crippen molar-refractivity contribution < 1.29 is 14.7 Å². The minimum Gasteiger partial charge on any atom is -0.481 e. The van der Waals surface area contributed by atoms with Crippen molar-refractivity contribution in [1.29, 1.82) is 0 Å². The van der Waals surface area contributed by atoms with Crippen LogP contribution < -0.4 is 0 Å². The molecule has 4 nitrogen and oxygen atoms in total. The number of hydrogen-bond donors (Lipinski definition) is 1. The van der Waals surface area contributed by atoms with Gasteiger partial charge in [0.1, 0.15) is 0 Å². The number of amides is 1. The van der Waals surface area contributed by atoms with Crippen LogP contribution in [0.5, 0.6) is 0 Å². The zero-order valence-electron chi connectivity index (χ0n) is 11.6. The van der Waals surface area contributed by atoms with Crippen molar-refractivity contribution in [3.63, 3.8) is 0 Å². The van der Waals surface area contributed by atoms with E-state index in [0.717, 1.165) is 11.1 Å². The van der Waals surface area contributed by atoms with E-state index in [4.69, 9.17) is 16.7 Å². The first-order valence-electron chi connectivity index (χ1n) is 6.69. The number of rotatable bonds is 2. The molecule has 0 spiro atoms. The highest BCUT2D eigenvalue weighted by atomic mass is 35.5. The van der Waals surface area contributed by atoms with Crippen LogP contribution in [0.4, 0.5) is 0 Å². The van der Waals surface area contributed by atoms with E-state index < -0.39 is 5.97 Å². The Labute approximate surface area is 123 Å². The number of carbonyl (C=O) groups excluding carboxylic acids is 1. The molecule has 1 saturated heterocycles. The molecule has 1 aliphatic heterocycles. The van der Waals surface area contributed by atoms with Crippen LogP contribution in [-0.2, 0) is 4.79 Å². The summed E-state index contributed by atoms with van der Waals surface area (Å²) in [5, 5.41) is 9.42. The molecule has 0 bridgehead atoms. The number of nitrogens with zero attached hydrogens (tertiary/aromatic N) is 1. The molecule has 0 saturated carbocycles. The predicted molar refractivity (Wildman–Crippen MR) is 77.2 cm³/mol. The average Bonchev–Trinajstić information content (AvgIpc) is 2.42. The molecule has 5 heteroatoms. The fourth-order valence-electron chi connectivity index (χ4n) is 2.44. The Kier molecular flexibility index (Phi) is 4.33. The molecule has 2 rings (SSSR count). The van der Waals surface area contributed by atoms with E-state index in [9.17, 15) is 9.59 Å². The second kappa shape index (κ2) is 5.83. The molecular weight excluding hydrogens is 278 g/mol. The van der Waals surface area contributed by atoms with Gasteiger partial charge in [0.05, 0.1) is 16.5 Å². The van der Waals surface area contributed by atoms with Gasteiger partial charge in [-0.2, -0.15) is 0 Å². The van der Waals surface area contributed by atoms with Crippen LogP contribution in [0.25, 0.3) is 0 Å². The first-order chi connectivity index (χ1) is 9.40. The van der Waals surface area contributed by atoms with Crippen LogP contribution >= 0.6 is 11.6 Å². The van der Waals surface area contributed by atoms with Crippen molar-refractivity contribution in [1.82, 2.24) is 4.90 Å². The Balaban J connectivity index is 2.13. The normalized spacial score (nSPS) is 16.2. The van der Waals surface area contributed by atoms with E-state index in [1.807, 2.05) is 19.9 Å². The second-order valence-corrected chi connectivity index (χ2v) is 5.73. The monoisotopic (exact) mass is 295 g/mol. The molecule has 0 atom stereocenters. The Morgan fingerprint density at radius 1 is 1.20 bits per heavy atom. The lowest BCUT2D eigenvalue weighted by Crippen LogP contribution is -2.40. The molecule has 1 aliphatic rings. The number of carboxylic acids is 1. The van der Waals surface area contributed by atoms with Crippen molar-refractivity contribution >= 4 is 23.5 Å². The number of aliphatic carboxylic acids is 1. The highest BCUT2D eigenvalue weighted by molar-refractivity contribution is 6.34. The molecule has 0 unspecified atom stereocenters. The summed E-state index contributed by atoms with van der Waals surface area (Å²) in [6, 6.07) is 3.61. The van der Waals surface area contributed by atoms with Gasteiger partial charge in [0.15, 0.2) is 0 Å². The molecule has 0 aromatic heterocycles. The van der Waals surface area contributed by atoms with Crippen molar-refractivity contribution in [3.8, 4) is 0 Å². The van der Waals surface area contributed by atoms with E-state index >= 15 is 0 Å². The van der Waals surface area contributed by atoms with E-state index in [0.29, 0.717) is 36.5 Å². The number of halogens is 1.